The molecule has 46 valence electrons. The Kier molecular flexibility index (Phi) is 2.77. The smallest absolute Gasteiger partial charge is 0.248 e. The Morgan fingerprint density at radius 3 is 2.00 bits per heavy atom. The van der Waals surface area contributed by atoms with E-state index in [0.717, 1.165) is 0 Å². The van der Waals surface area contributed by atoms with E-state index in [1.165, 1.54) is 0 Å². The van der Waals surface area contributed by atoms with Crippen molar-refractivity contribution in [1.82, 2.24) is 0 Å². The lowest BCUT2D eigenvalue weighted by atomic mass is 10.1. The van der Waals surface area contributed by atoms with Crippen molar-refractivity contribution in [2.75, 3.05) is 0 Å². The minimum atomic E-state index is -0.431. The Morgan fingerprint density at radius 1 is 1.62 bits per heavy atom. The van der Waals surface area contributed by atoms with Crippen LogP contribution < -0.4 is 0 Å². The summed E-state index contributed by atoms with van der Waals surface area (Å²) < 4.78 is 0. The van der Waals surface area contributed by atoms with E-state index >= 15 is 0 Å². The van der Waals surface area contributed by atoms with Crippen molar-refractivity contribution in [2.24, 2.45) is 5.92 Å². The highest BCUT2D eigenvalue weighted by molar-refractivity contribution is 6.67. The first-order valence-electron chi connectivity index (χ1n) is 2.44. The predicted octanol–water partition coefficient (Wildman–Crippen LogP) is 1.96. The van der Waals surface area contributed by atoms with Gasteiger partial charge in [0.05, 0.1) is 0 Å². The van der Waals surface area contributed by atoms with Crippen LogP contribution in [0.3, 0.4) is 0 Å². The Labute approximate surface area is 54.3 Å². The molecular weight excluding hydrogens is 124 g/mol. The van der Waals surface area contributed by atoms with Crippen molar-refractivity contribution in [2.45, 2.75) is 13.8 Å². The Hall–Kier alpha value is -0.300. The molecule has 0 aliphatic carbocycles. The van der Waals surface area contributed by atoms with Crippen LogP contribution in [0.15, 0.2) is 12.2 Å². The molecule has 0 saturated heterocycles. The first-order valence-corrected chi connectivity index (χ1v) is 2.82. The van der Waals surface area contributed by atoms with E-state index in [1.54, 1.807) is 0 Å². The first-order chi connectivity index (χ1) is 3.55. The molecule has 0 atom stereocenters. The lowest BCUT2D eigenvalue weighted by Gasteiger charge is -2.00. The van der Waals surface area contributed by atoms with Crippen molar-refractivity contribution in [1.29, 1.82) is 0 Å². The van der Waals surface area contributed by atoms with Gasteiger partial charge in [-0.3, -0.25) is 4.79 Å². The summed E-state index contributed by atoms with van der Waals surface area (Å²) in [4.78, 5) is 10.3. The quantitative estimate of drug-likeness (QED) is 0.415. The van der Waals surface area contributed by atoms with Crippen molar-refractivity contribution < 1.29 is 4.79 Å². The van der Waals surface area contributed by atoms with E-state index in [2.05, 4.69) is 6.58 Å². The van der Waals surface area contributed by atoms with Gasteiger partial charge in [-0.15, -0.1) is 0 Å². The summed E-state index contributed by atoms with van der Waals surface area (Å²) in [6.07, 6.45) is 0. The molecule has 0 aliphatic rings. The van der Waals surface area contributed by atoms with Gasteiger partial charge in [0.2, 0.25) is 5.24 Å². The Bertz CT molecular complexity index is 116. The van der Waals surface area contributed by atoms with Gasteiger partial charge in [0.25, 0.3) is 0 Å². The molecule has 1 nitrogen and oxygen atoms in total. The molecule has 0 bridgehead atoms. The number of allylic oxidation sites excluding steroid dienone is 1. The van der Waals surface area contributed by atoms with Crippen molar-refractivity contribution >= 4 is 16.8 Å². The summed E-state index contributed by atoms with van der Waals surface area (Å²) >= 11 is 5.08. The molecule has 0 heterocycles. The van der Waals surface area contributed by atoms with Gasteiger partial charge in [0, 0.05) is 5.57 Å². The highest BCUT2D eigenvalue weighted by Crippen LogP contribution is 2.08. The molecule has 2 heteroatoms. The number of halogens is 1. The van der Waals surface area contributed by atoms with Crippen LogP contribution in [-0.2, 0) is 4.79 Å². The number of hydrogen-bond acceptors (Lipinski definition) is 1. The summed E-state index contributed by atoms with van der Waals surface area (Å²) in [7, 11) is 0. The standard InChI is InChI=1S/C6H9ClO/c1-4(2)5(3)6(7)8/h4H,3H2,1-2H3. The maximum absolute atomic E-state index is 10.3. The van der Waals surface area contributed by atoms with Gasteiger partial charge in [-0.25, -0.2) is 0 Å². The van der Waals surface area contributed by atoms with E-state index in [-0.39, 0.29) is 5.92 Å². The molecule has 0 saturated carbocycles. The number of hydrogen-bond donors (Lipinski definition) is 0. The van der Waals surface area contributed by atoms with Gasteiger partial charge < -0.3 is 0 Å². The highest BCUT2D eigenvalue weighted by Gasteiger charge is 2.05. The monoisotopic (exact) mass is 132 g/mol. The number of carbonyl (C=O) groups is 1. The molecule has 0 aromatic rings. The second-order valence-electron chi connectivity index (χ2n) is 1.95. The molecule has 0 fully saturated rings. The third kappa shape index (κ3) is 2.12. The zero-order chi connectivity index (χ0) is 6.73. The molecule has 0 spiro atoms. The van der Waals surface area contributed by atoms with Crippen molar-refractivity contribution in [3.63, 3.8) is 0 Å². The largest absolute Gasteiger partial charge is 0.276 e. The maximum atomic E-state index is 10.3. The van der Waals surface area contributed by atoms with Crippen molar-refractivity contribution in [3.8, 4) is 0 Å². The minimum Gasteiger partial charge on any atom is -0.276 e. The van der Waals surface area contributed by atoms with E-state index in [0.29, 0.717) is 5.57 Å². The van der Waals surface area contributed by atoms with Crippen LogP contribution in [0.1, 0.15) is 13.8 Å². The summed E-state index contributed by atoms with van der Waals surface area (Å²) in [5.41, 5.74) is 0.478. The summed E-state index contributed by atoms with van der Waals surface area (Å²) in [6.45, 7) is 7.23. The fourth-order valence-electron chi connectivity index (χ4n) is 0.227. The van der Waals surface area contributed by atoms with Gasteiger partial charge in [0.15, 0.2) is 0 Å². The highest BCUT2D eigenvalue weighted by atomic mass is 35.5. The SMILES string of the molecule is C=C(C(=O)Cl)C(C)C. The number of carbonyl (C=O) groups excluding carboxylic acids is 1. The van der Waals surface area contributed by atoms with Gasteiger partial charge in [-0.05, 0) is 17.5 Å². The van der Waals surface area contributed by atoms with Gasteiger partial charge in [-0.1, -0.05) is 20.4 Å². The predicted molar refractivity (Wildman–Crippen MR) is 34.8 cm³/mol. The molecule has 0 amide bonds. The lowest BCUT2D eigenvalue weighted by molar-refractivity contribution is -0.108. The van der Waals surface area contributed by atoms with E-state index in [4.69, 9.17) is 11.6 Å². The van der Waals surface area contributed by atoms with Crippen LogP contribution in [0, 0.1) is 5.92 Å². The lowest BCUT2D eigenvalue weighted by Crippen LogP contribution is -1.98. The maximum Gasteiger partial charge on any atom is 0.248 e. The van der Waals surface area contributed by atoms with Crippen LogP contribution in [-0.4, -0.2) is 5.24 Å². The zero-order valence-electron chi connectivity index (χ0n) is 5.07. The topological polar surface area (TPSA) is 17.1 Å². The molecule has 0 aromatic carbocycles. The molecule has 8 heavy (non-hydrogen) atoms. The van der Waals surface area contributed by atoms with E-state index in [9.17, 15) is 4.79 Å². The molecule has 0 N–H and O–H groups in total. The minimum absolute atomic E-state index is 0.167. The molecule has 0 rings (SSSR count). The summed E-state index contributed by atoms with van der Waals surface area (Å²) in [5.74, 6) is 0.167. The Morgan fingerprint density at radius 2 is 2.00 bits per heavy atom. The molecule has 0 aromatic heterocycles. The first kappa shape index (κ1) is 7.70. The van der Waals surface area contributed by atoms with Crippen LogP contribution in [0.2, 0.25) is 0 Å². The average molecular weight is 133 g/mol. The molecular formula is C6H9ClO. The molecule has 0 aliphatic heterocycles. The van der Waals surface area contributed by atoms with Crippen molar-refractivity contribution in [3.05, 3.63) is 12.2 Å². The van der Waals surface area contributed by atoms with Crippen LogP contribution in [0.5, 0.6) is 0 Å². The van der Waals surface area contributed by atoms with E-state index < -0.39 is 5.24 Å². The second-order valence-corrected chi connectivity index (χ2v) is 2.30. The van der Waals surface area contributed by atoms with E-state index in [1.807, 2.05) is 13.8 Å². The van der Waals surface area contributed by atoms with Crippen LogP contribution in [0.4, 0.5) is 0 Å². The fourth-order valence-corrected chi connectivity index (χ4v) is 0.445. The second kappa shape index (κ2) is 2.88. The van der Waals surface area contributed by atoms with Crippen LogP contribution >= 0.6 is 11.6 Å². The summed E-state index contributed by atoms with van der Waals surface area (Å²) in [6, 6.07) is 0. The molecule has 0 radical (unpaired) electrons. The zero-order valence-corrected chi connectivity index (χ0v) is 5.83. The van der Waals surface area contributed by atoms with Crippen LogP contribution in [0.25, 0.3) is 0 Å². The van der Waals surface area contributed by atoms with Gasteiger partial charge in [0.1, 0.15) is 0 Å². The third-order valence-corrected chi connectivity index (χ3v) is 1.19. The fraction of sp³-hybridized carbons (Fsp3) is 0.500. The average Bonchev–Trinajstić information content (AvgIpc) is 1.64. The molecule has 0 unspecified atom stereocenters. The third-order valence-electron chi connectivity index (χ3n) is 0.949. The normalized spacial score (nSPS) is 9.50. The Balaban J connectivity index is 3.84. The number of rotatable bonds is 2. The summed E-state index contributed by atoms with van der Waals surface area (Å²) in [5, 5.41) is -0.431. The van der Waals surface area contributed by atoms with Gasteiger partial charge in [-0.2, -0.15) is 0 Å². The van der Waals surface area contributed by atoms with Gasteiger partial charge >= 0.3 is 0 Å².